The van der Waals surface area contributed by atoms with Crippen molar-refractivity contribution < 1.29 is 29.3 Å². The van der Waals surface area contributed by atoms with E-state index in [0.717, 1.165) is 44.2 Å². The summed E-state index contributed by atoms with van der Waals surface area (Å²) in [5, 5.41) is 23.1. The van der Waals surface area contributed by atoms with Gasteiger partial charge in [-0.15, -0.1) is 0 Å². The Morgan fingerprint density at radius 2 is 1.83 bits per heavy atom. The number of rotatable bonds is 6. The molecular weight excluding hydrogens is 458 g/mol. The van der Waals surface area contributed by atoms with Gasteiger partial charge in [0.05, 0.1) is 12.3 Å². The van der Waals surface area contributed by atoms with Crippen LogP contribution in [0.3, 0.4) is 0 Å². The van der Waals surface area contributed by atoms with Crippen LogP contribution in [0.15, 0.2) is 24.4 Å². The van der Waals surface area contributed by atoms with Crippen molar-refractivity contribution in [1.29, 1.82) is 0 Å². The molecule has 1 heterocycles. The van der Waals surface area contributed by atoms with Crippen LogP contribution in [-0.2, 0) is 24.7 Å². The molecule has 36 heavy (non-hydrogen) atoms. The third kappa shape index (κ3) is 3.34. The van der Waals surface area contributed by atoms with Crippen LogP contribution < -0.4 is 0 Å². The van der Waals surface area contributed by atoms with Gasteiger partial charge >= 0.3 is 11.9 Å². The average molecular weight is 500 g/mol. The number of ether oxygens (including phenoxy) is 2. The van der Waals surface area contributed by atoms with Crippen LogP contribution in [0.1, 0.15) is 84.8 Å². The van der Waals surface area contributed by atoms with E-state index in [-0.39, 0.29) is 58.1 Å². The smallest absolute Gasteiger partial charge is 0.302 e. The first kappa shape index (κ1) is 25.7. The minimum absolute atomic E-state index is 0.0355. The topological polar surface area (TPSA) is 106 Å². The minimum atomic E-state index is -1.01. The fourth-order valence-corrected chi connectivity index (χ4v) is 9.48. The zero-order chi connectivity index (χ0) is 26.0. The SMILES string of the molecule is CC(=O)OC[C@H]1C[C@@H](OC(C)=O)CC[C@]1(C)[C@@]12CC[C@@]3(C)[C@@H](CC[C@@]3(O)c3ccccn3)[C@@]1(CO)C2. The highest BCUT2D eigenvalue weighted by Gasteiger charge is 2.83. The van der Waals surface area contributed by atoms with E-state index in [1.165, 1.54) is 13.8 Å². The van der Waals surface area contributed by atoms with Gasteiger partial charge < -0.3 is 19.7 Å². The molecule has 7 nitrogen and oxygen atoms in total. The number of aromatic nitrogens is 1. The Labute approximate surface area is 214 Å². The van der Waals surface area contributed by atoms with Gasteiger partial charge in [0.2, 0.25) is 0 Å². The lowest BCUT2D eigenvalue weighted by Gasteiger charge is -2.57. The van der Waals surface area contributed by atoms with Crippen molar-refractivity contribution in [3.05, 3.63) is 30.1 Å². The number of hydrogen-bond acceptors (Lipinski definition) is 7. The Balaban J connectivity index is 1.49. The lowest BCUT2D eigenvalue weighted by molar-refractivity contribution is -0.170. The summed E-state index contributed by atoms with van der Waals surface area (Å²) in [4.78, 5) is 28.0. The molecule has 1 aromatic rings. The highest BCUT2D eigenvalue weighted by atomic mass is 16.5. The molecule has 5 rings (SSSR count). The molecule has 1 aromatic heterocycles. The number of nitrogens with zero attached hydrogens (tertiary/aromatic N) is 1. The monoisotopic (exact) mass is 499 g/mol. The van der Waals surface area contributed by atoms with Crippen LogP contribution in [-0.4, -0.2) is 46.5 Å². The van der Waals surface area contributed by atoms with Crippen LogP contribution in [0.25, 0.3) is 0 Å². The fourth-order valence-electron chi connectivity index (χ4n) is 9.48. The third-order valence-electron chi connectivity index (χ3n) is 11.4. The van der Waals surface area contributed by atoms with Gasteiger partial charge in [-0.3, -0.25) is 14.6 Å². The van der Waals surface area contributed by atoms with Crippen molar-refractivity contribution in [3.8, 4) is 0 Å². The summed E-state index contributed by atoms with van der Waals surface area (Å²) in [6.07, 6.45) is 8.03. The Morgan fingerprint density at radius 1 is 1.06 bits per heavy atom. The second-order valence-electron chi connectivity index (χ2n) is 12.6. The molecule has 0 aromatic carbocycles. The second kappa shape index (κ2) is 8.52. The van der Waals surface area contributed by atoms with Crippen molar-refractivity contribution in [2.24, 2.45) is 33.5 Å². The van der Waals surface area contributed by atoms with E-state index in [4.69, 9.17) is 9.47 Å². The number of aliphatic hydroxyl groups is 2. The van der Waals surface area contributed by atoms with E-state index in [2.05, 4.69) is 18.8 Å². The minimum Gasteiger partial charge on any atom is -0.466 e. The maximum absolute atomic E-state index is 12.1. The van der Waals surface area contributed by atoms with Crippen molar-refractivity contribution in [2.75, 3.05) is 13.2 Å². The molecule has 4 fully saturated rings. The summed E-state index contributed by atoms with van der Waals surface area (Å²) >= 11 is 0. The summed E-state index contributed by atoms with van der Waals surface area (Å²) in [6, 6.07) is 5.74. The normalized spacial score (nSPS) is 45.3. The average Bonchev–Trinajstić information content (AvgIpc) is 3.47. The van der Waals surface area contributed by atoms with Crippen LogP contribution in [0, 0.1) is 33.5 Å². The highest BCUT2D eigenvalue weighted by molar-refractivity contribution is 5.66. The maximum Gasteiger partial charge on any atom is 0.302 e. The first-order valence-corrected chi connectivity index (χ1v) is 13.5. The first-order chi connectivity index (χ1) is 17.0. The van der Waals surface area contributed by atoms with Gasteiger partial charge in [-0.2, -0.15) is 0 Å². The molecule has 2 N–H and O–H groups in total. The predicted octanol–water partition coefficient (Wildman–Crippen LogP) is 4.15. The van der Waals surface area contributed by atoms with E-state index in [1.807, 2.05) is 18.2 Å². The second-order valence-corrected chi connectivity index (χ2v) is 12.6. The number of fused-ring (bicyclic) bond motifs is 3. The van der Waals surface area contributed by atoms with Crippen LogP contribution in [0.5, 0.6) is 0 Å². The van der Waals surface area contributed by atoms with Crippen molar-refractivity contribution in [2.45, 2.75) is 90.8 Å². The van der Waals surface area contributed by atoms with E-state index in [0.29, 0.717) is 19.4 Å². The van der Waals surface area contributed by atoms with Crippen molar-refractivity contribution in [3.63, 3.8) is 0 Å². The fraction of sp³-hybridized carbons (Fsp3) is 0.759. The van der Waals surface area contributed by atoms with Crippen LogP contribution in [0.2, 0.25) is 0 Å². The predicted molar refractivity (Wildman–Crippen MR) is 132 cm³/mol. The van der Waals surface area contributed by atoms with E-state index in [9.17, 15) is 19.8 Å². The highest BCUT2D eigenvalue weighted by Crippen LogP contribution is 2.87. The number of carbonyl (C=O) groups excluding carboxylic acids is 2. The quantitative estimate of drug-likeness (QED) is 0.567. The Morgan fingerprint density at radius 3 is 2.47 bits per heavy atom. The van der Waals surface area contributed by atoms with E-state index in [1.54, 1.807) is 6.20 Å². The Hall–Kier alpha value is -1.99. The standard InChI is InChI=1S/C29H41NO6/c1-19(32)35-16-21-15-22(36-20(2)33)8-10-25(21,3)28-13-12-26(4)23(27(28,17-28)18-31)9-11-29(26,34)24-7-5-6-14-30-24/h5-7,14,21-23,31,34H,8-13,15-18H2,1-4H3/t21-,22+,23-,25+,26+,27+,28+,29-/m1/s1. The molecule has 4 aliphatic rings. The Kier molecular flexibility index (Phi) is 6.07. The number of pyridine rings is 1. The number of hydrogen-bond donors (Lipinski definition) is 2. The van der Waals surface area contributed by atoms with Gasteiger partial charge in [-0.05, 0) is 80.2 Å². The molecule has 8 atom stereocenters. The molecule has 0 bridgehead atoms. The molecule has 7 heteroatoms. The van der Waals surface area contributed by atoms with E-state index < -0.39 is 5.60 Å². The van der Waals surface area contributed by atoms with Crippen LogP contribution in [0.4, 0.5) is 0 Å². The number of aliphatic hydroxyl groups excluding tert-OH is 1. The zero-order valence-corrected chi connectivity index (χ0v) is 22.1. The van der Waals surface area contributed by atoms with E-state index >= 15 is 0 Å². The van der Waals surface area contributed by atoms with Gasteiger partial charge in [0.15, 0.2) is 0 Å². The molecule has 198 valence electrons. The lowest BCUT2D eigenvalue weighted by atomic mass is 9.48. The van der Waals surface area contributed by atoms with Gasteiger partial charge in [-0.25, -0.2) is 0 Å². The summed E-state index contributed by atoms with van der Waals surface area (Å²) < 4.78 is 11.2. The molecule has 0 unspecified atom stereocenters. The molecule has 0 spiro atoms. The molecule has 4 saturated carbocycles. The summed E-state index contributed by atoms with van der Waals surface area (Å²) in [5.74, 6) is -0.375. The number of carbonyl (C=O) groups is 2. The molecule has 0 aliphatic heterocycles. The van der Waals surface area contributed by atoms with Gasteiger partial charge in [0, 0.05) is 43.4 Å². The molecule has 0 amide bonds. The first-order valence-electron chi connectivity index (χ1n) is 13.5. The van der Waals surface area contributed by atoms with Gasteiger partial charge in [0.25, 0.3) is 0 Å². The largest absolute Gasteiger partial charge is 0.466 e. The zero-order valence-electron chi connectivity index (χ0n) is 22.1. The molecule has 0 radical (unpaired) electrons. The summed E-state index contributed by atoms with van der Waals surface area (Å²) in [6.45, 7) is 7.78. The molecule has 4 aliphatic carbocycles. The molecular formula is C29H41NO6. The lowest BCUT2D eigenvalue weighted by Crippen LogP contribution is -2.55. The number of esters is 2. The third-order valence-corrected chi connectivity index (χ3v) is 11.4. The summed E-state index contributed by atoms with van der Waals surface area (Å²) in [7, 11) is 0. The maximum atomic E-state index is 12.1. The van der Waals surface area contributed by atoms with Gasteiger partial charge in [0.1, 0.15) is 11.7 Å². The summed E-state index contributed by atoms with van der Waals surface area (Å²) in [5.41, 5.74) is -1.20. The Bertz CT molecular complexity index is 1030. The van der Waals surface area contributed by atoms with Crippen LogP contribution >= 0.6 is 0 Å². The van der Waals surface area contributed by atoms with Crippen molar-refractivity contribution >= 4 is 11.9 Å². The van der Waals surface area contributed by atoms with Crippen molar-refractivity contribution in [1.82, 2.24) is 4.98 Å². The molecule has 0 saturated heterocycles. The van der Waals surface area contributed by atoms with Gasteiger partial charge in [-0.1, -0.05) is 19.9 Å².